The van der Waals surface area contributed by atoms with Crippen LogP contribution in [0.25, 0.3) is 6.08 Å². The molecule has 5 rings (SSSR count). The van der Waals surface area contributed by atoms with Crippen LogP contribution in [-0.4, -0.2) is 58.7 Å². The van der Waals surface area contributed by atoms with Crippen LogP contribution in [0.5, 0.6) is 0 Å². The molecule has 0 radical (unpaired) electrons. The highest BCUT2D eigenvalue weighted by atomic mass is 19.4. The van der Waals surface area contributed by atoms with E-state index in [1.807, 2.05) is 65.6 Å². The zero-order chi connectivity index (χ0) is 34.6. The summed E-state index contributed by atoms with van der Waals surface area (Å²) >= 11 is 0. The zero-order valence-corrected chi connectivity index (χ0v) is 28.0. The Kier molecular flexibility index (Phi) is 12.4. The molecule has 0 bridgehead atoms. The Labute approximate surface area is 287 Å². The molecule has 256 valence electrons. The quantitative estimate of drug-likeness (QED) is 0.136. The number of benzene rings is 4. The molecule has 0 spiro atoms. The molecule has 0 N–H and O–H groups in total. The van der Waals surface area contributed by atoms with Crippen LogP contribution in [0.2, 0.25) is 0 Å². The lowest BCUT2D eigenvalue weighted by Gasteiger charge is -2.39. The van der Waals surface area contributed by atoms with E-state index >= 15 is 0 Å². The number of carbonyl (C=O) groups is 2. The number of alkyl halides is 3. The number of carbonyl (C=O) groups excluding carboxylic acids is 2. The van der Waals surface area contributed by atoms with Gasteiger partial charge in [-0.1, -0.05) is 110 Å². The Morgan fingerprint density at radius 2 is 1.35 bits per heavy atom. The van der Waals surface area contributed by atoms with Crippen LogP contribution in [0.15, 0.2) is 115 Å². The van der Waals surface area contributed by atoms with Crippen LogP contribution in [-0.2, 0) is 41.7 Å². The molecular weight excluding hydrogens is 623 g/mol. The lowest BCUT2D eigenvalue weighted by molar-refractivity contribution is -0.145. The van der Waals surface area contributed by atoms with Gasteiger partial charge in [-0.05, 0) is 58.9 Å². The number of halogens is 3. The maximum Gasteiger partial charge on any atom is 0.416 e. The van der Waals surface area contributed by atoms with Gasteiger partial charge in [0.25, 0.3) is 0 Å². The summed E-state index contributed by atoms with van der Waals surface area (Å²) in [6, 6.07) is 32.0. The van der Waals surface area contributed by atoms with Gasteiger partial charge >= 0.3 is 6.18 Å². The van der Waals surface area contributed by atoms with Crippen molar-refractivity contribution in [1.82, 2.24) is 14.7 Å². The van der Waals surface area contributed by atoms with Gasteiger partial charge in [0.15, 0.2) is 0 Å². The van der Waals surface area contributed by atoms with Crippen LogP contribution >= 0.6 is 0 Å². The molecule has 0 unspecified atom stereocenters. The monoisotopic (exact) mass is 667 g/mol. The average molecular weight is 668 g/mol. The Morgan fingerprint density at radius 1 is 0.755 bits per heavy atom. The summed E-state index contributed by atoms with van der Waals surface area (Å²) in [6.45, 7) is 5.72. The molecule has 1 aliphatic heterocycles. The highest BCUT2D eigenvalue weighted by molar-refractivity contribution is 5.95. The molecule has 0 aromatic heterocycles. The fourth-order valence-corrected chi connectivity index (χ4v) is 6.12. The maximum absolute atomic E-state index is 14.5. The Hall–Kier alpha value is -4.69. The molecule has 4 aromatic carbocycles. The molecule has 1 heterocycles. The SMILES string of the molecule is CCCCc1ccc(CN(C(=O)/C=C/c2ccc(C(F)(F)F)cc2)[C@@H](Cc2ccccc2)C(=O)N2CCN(Cc3ccccc3)CC2)cc1. The number of aryl methyl sites for hydroxylation is 1. The maximum atomic E-state index is 14.5. The van der Waals surface area contributed by atoms with Crippen LogP contribution < -0.4 is 0 Å². The number of rotatable bonds is 13. The summed E-state index contributed by atoms with van der Waals surface area (Å²) in [7, 11) is 0. The molecule has 4 aromatic rings. The van der Waals surface area contributed by atoms with E-state index in [0.717, 1.165) is 62.2 Å². The summed E-state index contributed by atoms with van der Waals surface area (Å²) in [5, 5.41) is 0. The molecular formula is C41H44F3N3O2. The van der Waals surface area contributed by atoms with Crippen LogP contribution in [0.3, 0.4) is 0 Å². The molecule has 0 saturated carbocycles. The van der Waals surface area contributed by atoms with Gasteiger partial charge in [-0.25, -0.2) is 0 Å². The lowest BCUT2D eigenvalue weighted by atomic mass is 10.0. The molecule has 8 heteroatoms. The lowest BCUT2D eigenvalue weighted by Crippen LogP contribution is -2.56. The minimum absolute atomic E-state index is 0.112. The highest BCUT2D eigenvalue weighted by Gasteiger charge is 2.34. The first-order valence-electron chi connectivity index (χ1n) is 17.0. The third-order valence-electron chi connectivity index (χ3n) is 9.00. The second-order valence-corrected chi connectivity index (χ2v) is 12.6. The van der Waals surface area contributed by atoms with Crippen molar-refractivity contribution in [3.8, 4) is 0 Å². The largest absolute Gasteiger partial charge is 0.416 e. The first-order chi connectivity index (χ1) is 23.7. The number of unbranched alkanes of at least 4 members (excludes halogenated alkanes) is 1. The summed E-state index contributed by atoms with van der Waals surface area (Å²) in [6.07, 6.45) is 1.92. The van der Waals surface area contributed by atoms with Crippen molar-refractivity contribution < 1.29 is 22.8 Å². The summed E-state index contributed by atoms with van der Waals surface area (Å²) < 4.78 is 39.4. The second kappa shape index (κ2) is 17.1. The van der Waals surface area contributed by atoms with Crippen molar-refractivity contribution in [3.63, 3.8) is 0 Å². The first kappa shape index (κ1) is 35.6. The van der Waals surface area contributed by atoms with Crippen molar-refractivity contribution in [2.24, 2.45) is 0 Å². The second-order valence-electron chi connectivity index (χ2n) is 12.6. The third kappa shape index (κ3) is 10.4. The van der Waals surface area contributed by atoms with E-state index in [1.165, 1.54) is 35.4 Å². The van der Waals surface area contributed by atoms with Crippen molar-refractivity contribution in [2.45, 2.75) is 57.9 Å². The van der Waals surface area contributed by atoms with Gasteiger partial charge < -0.3 is 9.80 Å². The van der Waals surface area contributed by atoms with Gasteiger partial charge in [-0.15, -0.1) is 0 Å². The predicted molar refractivity (Wildman–Crippen MR) is 188 cm³/mol. The highest BCUT2D eigenvalue weighted by Crippen LogP contribution is 2.29. The first-order valence-corrected chi connectivity index (χ1v) is 17.0. The summed E-state index contributed by atoms with van der Waals surface area (Å²) in [5.74, 6) is -0.494. The van der Waals surface area contributed by atoms with E-state index in [2.05, 4.69) is 36.1 Å². The molecule has 49 heavy (non-hydrogen) atoms. The molecule has 5 nitrogen and oxygen atoms in total. The fourth-order valence-electron chi connectivity index (χ4n) is 6.12. The number of nitrogens with zero attached hydrogens (tertiary/aromatic N) is 3. The topological polar surface area (TPSA) is 43.9 Å². The van der Waals surface area contributed by atoms with E-state index in [0.29, 0.717) is 25.1 Å². The molecule has 1 aliphatic rings. The van der Waals surface area contributed by atoms with Gasteiger partial charge in [-0.3, -0.25) is 14.5 Å². The molecule has 1 atom stereocenters. The summed E-state index contributed by atoms with van der Waals surface area (Å²) in [5.41, 5.74) is 3.98. The zero-order valence-electron chi connectivity index (χ0n) is 28.0. The van der Waals surface area contributed by atoms with E-state index in [9.17, 15) is 22.8 Å². The van der Waals surface area contributed by atoms with Crippen molar-refractivity contribution in [3.05, 3.63) is 149 Å². The van der Waals surface area contributed by atoms with Crippen LogP contribution in [0.1, 0.15) is 53.1 Å². The minimum atomic E-state index is -4.45. The average Bonchev–Trinajstić information content (AvgIpc) is 3.12. The van der Waals surface area contributed by atoms with Crippen molar-refractivity contribution in [2.75, 3.05) is 26.2 Å². The smallest absolute Gasteiger partial charge is 0.338 e. The van der Waals surface area contributed by atoms with Crippen LogP contribution in [0, 0.1) is 0 Å². The van der Waals surface area contributed by atoms with Crippen molar-refractivity contribution in [1.29, 1.82) is 0 Å². The van der Waals surface area contributed by atoms with Gasteiger partial charge in [0, 0.05) is 51.8 Å². The van der Waals surface area contributed by atoms with E-state index < -0.39 is 17.8 Å². The van der Waals surface area contributed by atoms with E-state index in [4.69, 9.17) is 0 Å². The van der Waals surface area contributed by atoms with Gasteiger partial charge in [0.1, 0.15) is 6.04 Å². The normalized spacial score (nSPS) is 14.6. The summed E-state index contributed by atoms with van der Waals surface area (Å²) in [4.78, 5) is 34.4. The third-order valence-corrected chi connectivity index (χ3v) is 9.00. The Morgan fingerprint density at radius 3 is 1.94 bits per heavy atom. The molecule has 1 fully saturated rings. The Bertz CT molecular complexity index is 1650. The van der Waals surface area contributed by atoms with Crippen LogP contribution in [0.4, 0.5) is 13.2 Å². The number of hydrogen-bond acceptors (Lipinski definition) is 3. The molecule has 1 saturated heterocycles. The van der Waals surface area contributed by atoms with Gasteiger partial charge in [-0.2, -0.15) is 13.2 Å². The van der Waals surface area contributed by atoms with Crippen molar-refractivity contribution >= 4 is 17.9 Å². The Balaban J connectivity index is 1.41. The standard InChI is InChI=1S/C41H44F3N3O2/c1-2-3-10-32-15-17-36(18-16-32)31-47(39(48)24-21-33-19-22-37(23-20-33)41(42,43)44)38(29-34-11-6-4-7-12-34)40(49)46-27-25-45(26-28-46)30-35-13-8-5-9-14-35/h4-9,11-24,38H,2-3,10,25-31H2,1H3/b24-21+/t38-/m0/s1. The van der Waals surface area contributed by atoms with E-state index in [1.54, 1.807) is 4.90 Å². The predicted octanol–water partition coefficient (Wildman–Crippen LogP) is 8.05. The number of hydrogen-bond donors (Lipinski definition) is 0. The van der Waals surface area contributed by atoms with Gasteiger partial charge in [0.2, 0.25) is 11.8 Å². The fraction of sp³-hybridized carbons (Fsp3) is 0.317. The number of piperazine rings is 1. The number of amides is 2. The minimum Gasteiger partial charge on any atom is -0.338 e. The molecule has 2 amide bonds. The van der Waals surface area contributed by atoms with Gasteiger partial charge in [0.05, 0.1) is 5.56 Å². The molecule has 0 aliphatic carbocycles. The van der Waals surface area contributed by atoms with E-state index in [-0.39, 0.29) is 18.4 Å².